The van der Waals surface area contributed by atoms with E-state index < -0.39 is 11.9 Å². The van der Waals surface area contributed by atoms with Gasteiger partial charge in [0.05, 0.1) is 17.7 Å². The molecule has 2 aromatic carbocycles. The molecule has 2 aromatic rings. The number of hydrogen-bond acceptors (Lipinski definition) is 5. The number of methoxy groups -OCH3 is 1. The van der Waals surface area contributed by atoms with Crippen molar-refractivity contribution in [3.05, 3.63) is 75.8 Å². The molecular formula is C21H16Cl2N2O4. The van der Waals surface area contributed by atoms with E-state index in [4.69, 9.17) is 32.7 Å². The highest BCUT2D eigenvalue weighted by molar-refractivity contribution is 6.36. The van der Waals surface area contributed by atoms with Gasteiger partial charge in [0.2, 0.25) is 0 Å². The van der Waals surface area contributed by atoms with Crippen LogP contribution in [0.4, 0.5) is 0 Å². The van der Waals surface area contributed by atoms with Gasteiger partial charge >= 0.3 is 5.97 Å². The quantitative estimate of drug-likeness (QED) is 0.230. The first-order valence-electron chi connectivity index (χ1n) is 8.25. The molecule has 8 heteroatoms. The minimum absolute atomic E-state index is 0.0911. The van der Waals surface area contributed by atoms with Crippen molar-refractivity contribution >= 4 is 41.2 Å². The molecule has 0 radical (unpaired) electrons. The maximum atomic E-state index is 12.4. The number of esters is 1. The fourth-order valence-corrected chi connectivity index (χ4v) is 2.73. The lowest BCUT2D eigenvalue weighted by atomic mass is 10.1. The summed E-state index contributed by atoms with van der Waals surface area (Å²) < 4.78 is 10.6. The fraction of sp³-hybridized carbons (Fsp3) is 0.0952. The van der Waals surface area contributed by atoms with Crippen molar-refractivity contribution in [3.63, 3.8) is 0 Å². The average molecular weight is 431 g/mol. The molecule has 29 heavy (non-hydrogen) atoms. The van der Waals surface area contributed by atoms with Crippen molar-refractivity contribution in [2.75, 3.05) is 13.7 Å². The maximum Gasteiger partial charge on any atom is 0.345 e. The maximum absolute atomic E-state index is 12.4. The smallest absolute Gasteiger partial charge is 0.345 e. The topological polar surface area (TPSA) is 88.4 Å². The molecule has 2 rings (SSSR count). The molecule has 0 aliphatic carbocycles. The second-order valence-electron chi connectivity index (χ2n) is 5.59. The van der Waals surface area contributed by atoms with Crippen molar-refractivity contribution in [2.24, 2.45) is 0 Å². The van der Waals surface area contributed by atoms with Crippen LogP contribution in [-0.4, -0.2) is 25.5 Å². The van der Waals surface area contributed by atoms with Gasteiger partial charge in [-0.3, -0.25) is 4.79 Å². The minimum Gasteiger partial charge on any atom is -0.493 e. The molecule has 0 unspecified atom stereocenters. The molecular weight excluding hydrogens is 415 g/mol. The summed E-state index contributed by atoms with van der Waals surface area (Å²) in [5, 5.41) is 12.3. The number of ether oxygens (including phenoxy) is 2. The molecule has 6 nitrogen and oxygen atoms in total. The van der Waals surface area contributed by atoms with Crippen LogP contribution in [0.3, 0.4) is 0 Å². The van der Waals surface area contributed by atoms with Gasteiger partial charge in [0.25, 0.3) is 5.91 Å². The van der Waals surface area contributed by atoms with E-state index in [-0.39, 0.29) is 34.2 Å². The average Bonchev–Trinajstić information content (AvgIpc) is 2.70. The molecule has 0 aliphatic heterocycles. The molecule has 0 fully saturated rings. The molecule has 0 spiro atoms. The molecule has 0 heterocycles. The SMILES string of the molecule is C=CCNC(=O)/C(C#N)=C/c1ccc(OC(=O)c2ccc(Cl)cc2Cl)c(OC)c1. The first-order valence-corrected chi connectivity index (χ1v) is 9.01. The fourth-order valence-electron chi connectivity index (χ4n) is 2.24. The van der Waals surface area contributed by atoms with Gasteiger partial charge in [-0.15, -0.1) is 6.58 Å². The van der Waals surface area contributed by atoms with Gasteiger partial charge in [-0.2, -0.15) is 5.26 Å². The Morgan fingerprint density at radius 3 is 2.59 bits per heavy atom. The normalized spacial score (nSPS) is 10.6. The van der Waals surface area contributed by atoms with Crippen LogP contribution < -0.4 is 14.8 Å². The molecule has 1 amide bonds. The van der Waals surface area contributed by atoms with E-state index in [0.29, 0.717) is 10.6 Å². The van der Waals surface area contributed by atoms with E-state index in [2.05, 4.69) is 11.9 Å². The number of amides is 1. The summed E-state index contributed by atoms with van der Waals surface area (Å²) in [6.07, 6.45) is 2.90. The van der Waals surface area contributed by atoms with E-state index in [1.165, 1.54) is 49.6 Å². The van der Waals surface area contributed by atoms with Crippen LogP contribution in [0, 0.1) is 11.3 Å². The summed E-state index contributed by atoms with van der Waals surface area (Å²) in [4.78, 5) is 24.3. The van der Waals surface area contributed by atoms with Crippen LogP contribution in [0.1, 0.15) is 15.9 Å². The van der Waals surface area contributed by atoms with E-state index in [1.54, 1.807) is 6.07 Å². The van der Waals surface area contributed by atoms with Gasteiger partial charge in [-0.05, 0) is 42.0 Å². The third-order valence-electron chi connectivity index (χ3n) is 3.62. The Balaban J connectivity index is 2.27. The Labute approximate surface area is 177 Å². The van der Waals surface area contributed by atoms with Gasteiger partial charge in [0.1, 0.15) is 11.6 Å². The summed E-state index contributed by atoms with van der Waals surface area (Å²) in [5.74, 6) is -0.828. The Bertz CT molecular complexity index is 1030. The second-order valence-corrected chi connectivity index (χ2v) is 6.44. The molecule has 148 valence electrons. The van der Waals surface area contributed by atoms with E-state index in [0.717, 1.165) is 0 Å². The first kappa shape index (κ1) is 22.0. The van der Waals surface area contributed by atoms with Crippen molar-refractivity contribution in [3.8, 4) is 17.6 Å². The summed E-state index contributed by atoms with van der Waals surface area (Å²) in [6, 6.07) is 10.9. The number of halogens is 2. The van der Waals surface area contributed by atoms with E-state index >= 15 is 0 Å². The van der Waals surface area contributed by atoms with E-state index in [1.807, 2.05) is 6.07 Å². The van der Waals surface area contributed by atoms with Gasteiger partial charge in [-0.25, -0.2) is 4.79 Å². The van der Waals surface area contributed by atoms with Crippen LogP contribution >= 0.6 is 23.2 Å². The predicted molar refractivity (Wildman–Crippen MR) is 111 cm³/mol. The monoisotopic (exact) mass is 430 g/mol. The zero-order valence-electron chi connectivity index (χ0n) is 15.4. The van der Waals surface area contributed by atoms with Gasteiger partial charge in [0.15, 0.2) is 11.5 Å². The van der Waals surface area contributed by atoms with Gasteiger partial charge in [0, 0.05) is 11.6 Å². The zero-order valence-corrected chi connectivity index (χ0v) is 16.9. The number of nitrogens with one attached hydrogen (secondary N) is 1. The van der Waals surface area contributed by atoms with Gasteiger partial charge in [-0.1, -0.05) is 35.3 Å². The van der Waals surface area contributed by atoms with Crippen LogP contribution in [0.25, 0.3) is 6.08 Å². The molecule has 1 N–H and O–H groups in total. The third-order valence-corrected chi connectivity index (χ3v) is 4.17. The predicted octanol–water partition coefficient (Wildman–Crippen LogP) is 4.43. The van der Waals surface area contributed by atoms with Crippen molar-refractivity contribution < 1.29 is 19.1 Å². The summed E-state index contributed by atoms with van der Waals surface area (Å²) in [5.41, 5.74) is 0.566. The Kier molecular flexibility index (Phi) is 7.84. The number of nitriles is 1. The Morgan fingerprint density at radius 2 is 1.97 bits per heavy atom. The molecule has 0 bridgehead atoms. The van der Waals surface area contributed by atoms with Crippen molar-refractivity contribution in [1.82, 2.24) is 5.32 Å². The highest BCUT2D eigenvalue weighted by Crippen LogP contribution is 2.31. The number of nitrogens with zero attached hydrogens (tertiary/aromatic N) is 1. The number of benzene rings is 2. The molecule has 0 aliphatic rings. The lowest BCUT2D eigenvalue weighted by Gasteiger charge is -2.11. The first-order chi connectivity index (χ1) is 13.9. The minimum atomic E-state index is -0.685. The summed E-state index contributed by atoms with van der Waals surface area (Å²) in [7, 11) is 1.40. The highest BCUT2D eigenvalue weighted by atomic mass is 35.5. The second kappa shape index (κ2) is 10.3. The highest BCUT2D eigenvalue weighted by Gasteiger charge is 2.16. The summed E-state index contributed by atoms with van der Waals surface area (Å²) in [6.45, 7) is 3.74. The Morgan fingerprint density at radius 1 is 1.21 bits per heavy atom. The lowest BCUT2D eigenvalue weighted by molar-refractivity contribution is -0.116. The lowest BCUT2D eigenvalue weighted by Crippen LogP contribution is -2.24. The largest absolute Gasteiger partial charge is 0.493 e. The number of carbonyl (C=O) groups is 2. The van der Waals surface area contributed by atoms with Crippen LogP contribution in [0.5, 0.6) is 11.5 Å². The number of carbonyl (C=O) groups excluding carboxylic acids is 2. The van der Waals surface area contributed by atoms with Crippen LogP contribution in [-0.2, 0) is 4.79 Å². The standard InChI is InChI=1S/C21H16Cl2N2O4/c1-3-8-25-20(26)14(12-24)9-13-4-7-18(19(10-13)28-2)29-21(27)16-6-5-15(22)11-17(16)23/h3-7,9-11H,1,8H2,2H3,(H,25,26)/b14-9+. The van der Waals surface area contributed by atoms with Gasteiger partial charge < -0.3 is 14.8 Å². The number of rotatable bonds is 7. The van der Waals surface area contributed by atoms with Crippen LogP contribution in [0.2, 0.25) is 10.0 Å². The molecule has 0 saturated heterocycles. The Hall–Kier alpha value is -3.27. The molecule has 0 saturated carbocycles. The van der Waals surface area contributed by atoms with Crippen molar-refractivity contribution in [2.45, 2.75) is 0 Å². The third kappa shape index (κ3) is 5.85. The van der Waals surface area contributed by atoms with Crippen LogP contribution in [0.15, 0.2) is 54.6 Å². The number of hydrogen-bond donors (Lipinski definition) is 1. The molecule has 0 atom stereocenters. The van der Waals surface area contributed by atoms with E-state index in [9.17, 15) is 14.9 Å². The molecule has 0 aromatic heterocycles. The van der Waals surface area contributed by atoms with Crippen molar-refractivity contribution in [1.29, 1.82) is 5.26 Å². The zero-order chi connectivity index (χ0) is 21.4. The summed E-state index contributed by atoms with van der Waals surface area (Å²) >= 11 is 11.9.